The SMILES string of the molecule is CNCC(C)CN(C)c1cnc(C)c(C)n1. The fourth-order valence-corrected chi connectivity index (χ4v) is 1.69. The summed E-state index contributed by atoms with van der Waals surface area (Å²) in [5.74, 6) is 1.55. The lowest BCUT2D eigenvalue weighted by Crippen LogP contribution is -2.30. The van der Waals surface area contributed by atoms with Crippen molar-refractivity contribution in [1.82, 2.24) is 15.3 Å². The first-order valence-electron chi connectivity index (χ1n) is 5.70. The van der Waals surface area contributed by atoms with Crippen molar-refractivity contribution in [3.05, 3.63) is 17.6 Å². The molecular formula is C12H22N4. The van der Waals surface area contributed by atoms with Gasteiger partial charge >= 0.3 is 0 Å². The van der Waals surface area contributed by atoms with E-state index in [9.17, 15) is 0 Å². The van der Waals surface area contributed by atoms with Crippen LogP contribution in [0.5, 0.6) is 0 Å². The lowest BCUT2D eigenvalue weighted by Gasteiger charge is -2.22. The standard InChI is InChI=1S/C12H22N4/c1-9(6-13-4)8-16(5)12-7-14-10(2)11(3)15-12/h7,9,13H,6,8H2,1-5H3. The molecule has 1 aromatic heterocycles. The third-order valence-electron chi connectivity index (χ3n) is 2.71. The molecule has 0 saturated heterocycles. The number of aromatic nitrogens is 2. The van der Waals surface area contributed by atoms with Crippen LogP contribution in [0.4, 0.5) is 5.82 Å². The average Bonchev–Trinajstić information content (AvgIpc) is 2.22. The van der Waals surface area contributed by atoms with Crippen molar-refractivity contribution in [3.63, 3.8) is 0 Å². The van der Waals surface area contributed by atoms with Crippen LogP contribution in [0.1, 0.15) is 18.3 Å². The second kappa shape index (κ2) is 5.80. The molecule has 1 aromatic rings. The van der Waals surface area contributed by atoms with E-state index in [1.54, 1.807) is 0 Å². The summed E-state index contributed by atoms with van der Waals surface area (Å²) in [6, 6.07) is 0. The van der Waals surface area contributed by atoms with Crippen LogP contribution in [0, 0.1) is 19.8 Å². The third kappa shape index (κ3) is 3.45. The molecule has 0 amide bonds. The number of nitrogens with one attached hydrogen (secondary N) is 1. The van der Waals surface area contributed by atoms with E-state index in [0.717, 1.165) is 30.3 Å². The lowest BCUT2D eigenvalue weighted by atomic mass is 10.1. The molecule has 4 nitrogen and oxygen atoms in total. The van der Waals surface area contributed by atoms with Gasteiger partial charge in [-0.3, -0.25) is 4.98 Å². The Bertz CT molecular complexity index is 338. The summed E-state index contributed by atoms with van der Waals surface area (Å²) in [5, 5.41) is 3.18. The minimum absolute atomic E-state index is 0.596. The van der Waals surface area contributed by atoms with Crippen LogP contribution < -0.4 is 10.2 Å². The highest BCUT2D eigenvalue weighted by Crippen LogP contribution is 2.11. The Hall–Kier alpha value is -1.16. The quantitative estimate of drug-likeness (QED) is 0.817. The van der Waals surface area contributed by atoms with Gasteiger partial charge in [-0.2, -0.15) is 0 Å². The van der Waals surface area contributed by atoms with Crippen LogP contribution in [-0.2, 0) is 0 Å². The number of anilines is 1. The minimum Gasteiger partial charge on any atom is -0.358 e. The van der Waals surface area contributed by atoms with Gasteiger partial charge in [0.25, 0.3) is 0 Å². The molecule has 1 N–H and O–H groups in total. The first-order valence-corrected chi connectivity index (χ1v) is 5.70. The van der Waals surface area contributed by atoms with Gasteiger partial charge in [-0.25, -0.2) is 4.98 Å². The van der Waals surface area contributed by atoms with Crippen molar-refractivity contribution in [2.75, 3.05) is 32.1 Å². The van der Waals surface area contributed by atoms with Gasteiger partial charge in [-0.15, -0.1) is 0 Å². The van der Waals surface area contributed by atoms with Gasteiger partial charge in [-0.1, -0.05) is 6.92 Å². The molecule has 90 valence electrons. The molecule has 1 heterocycles. The van der Waals surface area contributed by atoms with E-state index in [2.05, 4.69) is 34.2 Å². The number of nitrogens with zero attached hydrogens (tertiary/aromatic N) is 3. The lowest BCUT2D eigenvalue weighted by molar-refractivity contribution is 0.540. The monoisotopic (exact) mass is 222 g/mol. The molecule has 0 saturated carbocycles. The highest BCUT2D eigenvalue weighted by atomic mass is 15.2. The van der Waals surface area contributed by atoms with E-state index < -0.39 is 0 Å². The maximum absolute atomic E-state index is 4.53. The Labute approximate surface area is 98.1 Å². The number of aryl methyl sites for hydroxylation is 2. The molecule has 0 aromatic carbocycles. The number of rotatable bonds is 5. The van der Waals surface area contributed by atoms with E-state index in [-0.39, 0.29) is 0 Å². The zero-order valence-corrected chi connectivity index (χ0v) is 10.9. The Morgan fingerprint density at radius 2 is 2.06 bits per heavy atom. The van der Waals surface area contributed by atoms with Gasteiger partial charge in [-0.05, 0) is 33.4 Å². The van der Waals surface area contributed by atoms with E-state index in [1.165, 1.54) is 0 Å². The van der Waals surface area contributed by atoms with Crippen LogP contribution in [0.25, 0.3) is 0 Å². The fraction of sp³-hybridized carbons (Fsp3) is 0.667. The molecule has 1 rings (SSSR count). The molecule has 1 unspecified atom stereocenters. The van der Waals surface area contributed by atoms with Gasteiger partial charge < -0.3 is 10.2 Å². The van der Waals surface area contributed by atoms with Gasteiger partial charge in [0.2, 0.25) is 0 Å². The van der Waals surface area contributed by atoms with Gasteiger partial charge in [0, 0.05) is 13.6 Å². The summed E-state index contributed by atoms with van der Waals surface area (Å²) in [4.78, 5) is 11.0. The molecular weight excluding hydrogens is 200 g/mol. The van der Waals surface area contributed by atoms with Crippen LogP contribution in [0.15, 0.2) is 6.20 Å². The topological polar surface area (TPSA) is 41.0 Å². The summed E-state index contributed by atoms with van der Waals surface area (Å²) in [6.45, 7) is 8.20. The summed E-state index contributed by atoms with van der Waals surface area (Å²) >= 11 is 0. The molecule has 16 heavy (non-hydrogen) atoms. The maximum atomic E-state index is 4.53. The van der Waals surface area contributed by atoms with Gasteiger partial charge in [0.05, 0.1) is 17.6 Å². The minimum atomic E-state index is 0.596. The van der Waals surface area contributed by atoms with E-state index >= 15 is 0 Å². The van der Waals surface area contributed by atoms with E-state index in [4.69, 9.17) is 0 Å². The second-order valence-electron chi connectivity index (χ2n) is 4.44. The van der Waals surface area contributed by atoms with Crippen LogP contribution in [0.2, 0.25) is 0 Å². The van der Waals surface area contributed by atoms with Crippen molar-refractivity contribution in [3.8, 4) is 0 Å². The predicted molar refractivity (Wildman–Crippen MR) is 67.9 cm³/mol. The first kappa shape index (κ1) is 12.9. The molecule has 0 spiro atoms. The van der Waals surface area contributed by atoms with Crippen LogP contribution in [-0.4, -0.2) is 37.2 Å². The van der Waals surface area contributed by atoms with Crippen LogP contribution in [0.3, 0.4) is 0 Å². The van der Waals surface area contributed by atoms with E-state index in [0.29, 0.717) is 5.92 Å². The first-order chi connectivity index (χ1) is 7.54. The number of hydrogen-bond donors (Lipinski definition) is 1. The normalized spacial score (nSPS) is 12.6. The number of hydrogen-bond acceptors (Lipinski definition) is 4. The summed E-state index contributed by atoms with van der Waals surface area (Å²) < 4.78 is 0. The Morgan fingerprint density at radius 1 is 1.38 bits per heavy atom. The largest absolute Gasteiger partial charge is 0.358 e. The summed E-state index contributed by atoms with van der Waals surface area (Å²) in [7, 11) is 4.04. The van der Waals surface area contributed by atoms with Crippen molar-refractivity contribution >= 4 is 5.82 Å². The zero-order valence-electron chi connectivity index (χ0n) is 10.9. The summed E-state index contributed by atoms with van der Waals surface area (Å²) in [5.41, 5.74) is 2.01. The molecule has 0 radical (unpaired) electrons. The molecule has 0 fully saturated rings. The molecule has 1 atom stereocenters. The van der Waals surface area contributed by atoms with Gasteiger partial charge in [0.15, 0.2) is 0 Å². The molecule has 0 bridgehead atoms. The van der Waals surface area contributed by atoms with Crippen molar-refractivity contribution in [1.29, 1.82) is 0 Å². The van der Waals surface area contributed by atoms with Crippen molar-refractivity contribution in [2.24, 2.45) is 5.92 Å². The smallest absolute Gasteiger partial charge is 0.147 e. The molecule has 0 aliphatic carbocycles. The fourth-order valence-electron chi connectivity index (χ4n) is 1.69. The maximum Gasteiger partial charge on any atom is 0.147 e. The molecule has 0 aliphatic heterocycles. The van der Waals surface area contributed by atoms with Crippen LogP contribution >= 0.6 is 0 Å². The highest BCUT2D eigenvalue weighted by molar-refractivity contribution is 5.36. The van der Waals surface area contributed by atoms with Crippen molar-refractivity contribution in [2.45, 2.75) is 20.8 Å². The Balaban J connectivity index is 2.65. The molecule has 4 heteroatoms. The second-order valence-corrected chi connectivity index (χ2v) is 4.44. The van der Waals surface area contributed by atoms with Crippen molar-refractivity contribution < 1.29 is 0 Å². The van der Waals surface area contributed by atoms with Gasteiger partial charge in [0.1, 0.15) is 5.82 Å². The Morgan fingerprint density at radius 3 is 2.62 bits per heavy atom. The molecule has 0 aliphatic rings. The highest BCUT2D eigenvalue weighted by Gasteiger charge is 2.08. The third-order valence-corrected chi connectivity index (χ3v) is 2.71. The summed E-state index contributed by atoms with van der Waals surface area (Å²) in [6.07, 6.45) is 1.84. The Kier molecular flexibility index (Phi) is 4.68. The van der Waals surface area contributed by atoms with E-state index in [1.807, 2.05) is 27.1 Å². The average molecular weight is 222 g/mol. The predicted octanol–water partition coefficient (Wildman–Crippen LogP) is 1.39. The zero-order chi connectivity index (χ0) is 12.1.